The number of aromatic nitrogens is 3. The lowest BCUT2D eigenvalue weighted by molar-refractivity contribution is 0.0101. The molecule has 11 heteroatoms. The number of likely N-dealkylation sites (tertiary alicyclic amines) is 1. The minimum Gasteiger partial charge on any atom is -0.444 e. The molecule has 10 nitrogen and oxygen atoms in total. The van der Waals surface area contributed by atoms with Gasteiger partial charge >= 0.3 is 6.09 Å². The van der Waals surface area contributed by atoms with Crippen LogP contribution in [0.4, 0.5) is 16.3 Å². The van der Waals surface area contributed by atoms with Gasteiger partial charge in [0.05, 0.1) is 16.0 Å². The van der Waals surface area contributed by atoms with Gasteiger partial charge in [-0.25, -0.2) is 13.3 Å². The molecule has 2 N–H and O–H groups in total. The van der Waals surface area contributed by atoms with E-state index in [0.717, 1.165) is 41.9 Å². The highest BCUT2D eigenvalue weighted by molar-refractivity contribution is 7.82. The van der Waals surface area contributed by atoms with Crippen LogP contribution in [0.1, 0.15) is 66.7 Å². The number of hydrogen-bond donors (Lipinski definition) is 2. The number of anilines is 2. The fraction of sp³-hybridized carbons (Fsp3) is 0.552. The smallest absolute Gasteiger partial charge is 0.410 e. The highest BCUT2D eigenvalue weighted by Crippen LogP contribution is 2.38. The van der Waals surface area contributed by atoms with Crippen molar-refractivity contribution < 1.29 is 13.7 Å². The Morgan fingerprint density at radius 1 is 1.18 bits per heavy atom. The van der Waals surface area contributed by atoms with Crippen LogP contribution in [0, 0.1) is 0 Å². The van der Waals surface area contributed by atoms with Crippen molar-refractivity contribution in [3.8, 4) is 0 Å². The summed E-state index contributed by atoms with van der Waals surface area (Å²) in [7, 11) is -1.19. The Hall–Kier alpha value is -3.18. The summed E-state index contributed by atoms with van der Waals surface area (Å²) in [6.45, 7) is 11.8. The van der Waals surface area contributed by atoms with Crippen LogP contribution < -0.4 is 10.9 Å². The Balaban J connectivity index is 1.40. The highest BCUT2D eigenvalue weighted by atomic mass is 32.2. The number of nitrogens with zero attached hydrogens (tertiary/aromatic N) is 4. The van der Waals surface area contributed by atoms with Crippen molar-refractivity contribution in [3.63, 3.8) is 0 Å². The molecule has 0 bridgehead atoms. The number of nitrogens with one attached hydrogen (secondary N) is 2. The maximum Gasteiger partial charge on any atom is 0.410 e. The number of rotatable bonds is 6. The maximum atomic E-state index is 13.0. The molecule has 2 unspecified atom stereocenters. The van der Waals surface area contributed by atoms with Crippen molar-refractivity contribution in [2.75, 3.05) is 25.0 Å². The highest BCUT2D eigenvalue weighted by Gasteiger charge is 2.39. The SMILES string of the molecule is CCC1(n2nc(Nc3ccc(S(=O)N4CCCC4C)cc3)c3c(=O)[nH]ccc32)CCN(C(=O)OC(C)(C)C)CC1. The summed E-state index contributed by atoms with van der Waals surface area (Å²) in [5.41, 5.74) is 0.396. The molecule has 2 atom stereocenters. The lowest BCUT2D eigenvalue weighted by Crippen LogP contribution is -2.49. The summed E-state index contributed by atoms with van der Waals surface area (Å²) < 4.78 is 22.6. The van der Waals surface area contributed by atoms with Gasteiger partial charge in [0.25, 0.3) is 5.56 Å². The van der Waals surface area contributed by atoms with Gasteiger partial charge in [-0.15, -0.1) is 0 Å². The lowest BCUT2D eigenvalue weighted by Gasteiger charge is -2.42. The zero-order chi connectivity index (χ0) is 28.7. The van der Waals surface area contributed by atoms with Gasteiger partial charge in [-0.3, -0.25) is 9.48 Å². The number of fused-ring (bicyclic) bond motifs is 1. The first-order chi connectivity index (χ1) is 19.0. The number of ether oxygens (including phenoxy) is 1. The maximum absolute atomic E-state index is 13.0. The van der Waals surface area contributed by atoms with Crippen LogP contribution >= 0.6 is 0 Å². The van der Waals surface area contributed by atoms with Crippen molar-refractivity contribution in [2.45, 2.75) is 88.8 Å². The van der Waals surface area contributed by atoms with Gasteiger partial charge in [0.1, 0.15) is 22.0 Å². The zero-order valence-corrected chi connectivity index (χ0v) is 24.8. The Labute approximate surface area is 237 Å². The molecule has 0 radical (unpaired) electrons. The van der Waals surface area contributed by atoms with Gasteiger partial charge in [-0.1, -0.05) is 6.92 Å². The van der Waals surface area contributed by atoms with Gasteiger partial charge in [0.2, 0.25) is 0 Å². The third kappa shape index (κ3) is 5.54. The molecule has 2 aliphatic heterocycles. The lowest BCUT2D eigenvalue weighted by atomic mass is 9.85. The molecule has 0 saturated carbocycles. The van der Waals surface area contributed by atoms with E-state index in [9.17, 15) is 13.8 Å². The second-order valence-electron chi connectivity index (χ2n) is 11.9. The molecule has 216 valence electrons. The number of H-pyrrole nitrogens is 1. The summed E-state index contributed by atoms with van der Waals surface area (Å²) in [4.78, 5) is 31.0. The summed E-state index contributed by atoms with van der Waals surface area (Å²) in [6.07, 6.45) is 5.67. The van der Waals surface area contributed by atoms with E-state index in [4.69, 9.17) is 9.84 Å². The van der Waals surface area contributed by atoms with Gasteiger partial charge in [-0.2, -0.15) is 5.10 Å². The third-order valence-corrected chi connectivity index (χ3v) is 9.72. The van der Waals surface area contributed by atoms with Gasteiger partial charge in [0.15, 0.2) is 5.82 Å². The Kier molecular flexibility index (Phi) is 7.80. The standard InChI is InChI=1S/C29H40N6O4S/c1-6-29(14-18-33(19-15-29)27(37)39-28(3,4)5)35-23-13-16-30-26(36)24(23)25(32-35)31-21-9-11-22(12-10-21)40(38)34-17-7-8-20(34)2/h9-13,16,20H,6-8,14-15,17-19H2,1-5H3,(H,30,36)(H,31,32). The van der Waals surface area contributed by atoms with E-state index in [0.29, 0.717) is 43.2 Å². The molecule has 0 aliphatic carbocycles. The van der Waals surface area contributed by atoms with Crippen LogP contribution in [-0.2, 0) is 21.3 Å². The second kappa shape index (κ2) is 11.0. The summed E-state index contributed by atoms with van der Waals surface area (Å²) >= 11 is 0. The Bertz CT molecular complexity index is 1450. The second-order valence-corrected chi connectivity index (χ2v) is 13.3. The Morgan fingerprint density at radius 2 is 1.88 bits per heavy atom. The van der Waals surface area contributed by atoms with Crippen molar-refractivity contribution in [1.82, 2.24) is 24.0 Å². The number of piperidine rings is 1. The van der Waals surface area contributed by atoms with E-state index >= 15 is 0 Å². The number of aromatic amines is 1. The molecular formula is C29H40N6O4S. The van der Waals surface area contributed by atoms with Gasteiger partial charge < -0.3 is 19.9 Å². The fourth-order valence-electron chi connectivity index (χ4n) is 5.75. The van der Waals surface area contributed by atoms with Crippen LogP contribution in [0.25, 0.3) is 10.9 Å². The molecule has 2 saturated heterocycles. The molecule has 40 heavy (non-hydrogen) atoms. The largest absolute Gasteiger partial charge is 0.444 e. The minimum atomic E-state index is -1.19. The number of carbonyl (C=O) groups excluding carboxylic acids is 1. The molecule has 1 aromatic carbocycles. The topological polar surface area (TPSA) is 113 Å². The molecule has 4 heterocycles. The molecule has 2 aromatic heterocycles. The first-order valence-corrected chi connectivity index (χ1v) is 15.3. The number of amides is 1. The van der Waals surface area contributed by atoms with Crippen LogP contribution in [-0.4, -0.2) is 65.5 Å². The van der Waals surface area contributed by atoms with E-state index in [1.54, 1.807) is 11.1 Å². The molecule has 0 spiro atoms. The molecular weight excluding hydrogens is 528 g/mol. The third-order valence-electron chi connectivity index (χ3n) is 8.08. The van der Waals surface area contributed by atoms with E-state index < -0.39 is 16.6 Å². The average Bonchev–Trinajstić information content (AvgIpc) is 3.52. The average molecular weight is 569 g/mol. The molecule has 2 aliphatic rings. The van der Waals surface area contributed by atoms with Crippen LogP contribution in [0.15, 0.2) is 46.2 Å². The molecule has 5 rings (SSSR count). The Morgan fingerprint density at radius 3 is 2.48 bits per heavy atom. The van der Waals surface area contributed by atoms with E-state index in [-0.39, 0.29) is 17.2 Å². The van der Waals surface area contributed by atoms with Crippen molar-refractivity contribution in [2.24, 2.45) is 0 Å². The summed E-state index contributed by atoms with van der Waals surface area (Å²) in [5.74, 6) is 0.473. The minimum absolute atomic E-state index is 0.218. The number of pyridine rings is 1. The molecule has 2 fully saturated rings. The van der Waals surface area contributed by atoms with Crippen LogP contribution in [0.2, 0.25) is 0 Å². The first-order valence-electron chi connectivity index (χ1n) is 14.2. The zero-order valence-electron chi connectivity index (χ0n) is 24.0. The van der Waals surface area contributed by atoms with E-state index in [2.05, 4.69) is 24.1 Å². The quantitative estimate of drug-likeness (QED) is 0.427. The first kappa shape index (κ1) is 28.4. The molecule has 1 amide bonds. The van der Waals surface area contributed by atoms with Crippen LogP contribution in [0.5, 0.6) is 0 Å². The van der Waals surface area contributed by atoms with Crippen molar-refractivity contribution in [3.05, 3.63) is 46.9 Å². The van der Waals surface area contributed by atoms with Crippen molar-refractivity contribution >= 4 is 39.5 Å². The number of benzene rings is 1. The predicted octanol–water partition coefficient (Wildman–Crippen LogP) is 5.11. The van der Waals surface area contributed by atoms with Crippen molar-refractivity contribution in [1.29, 1.82) is 0 Å². The fourth-order valence-corrected chi connectivity index (χ4v) is 7.12. The monoisotopic (exact) mass is 568 g/mol. The number of carbonyl (C=O) groups is 1. The summed E-state index contributed by atoms with van der Waals surface area (Å²) in [6, 6.07) is 9.69. The van der Waals surface area contributed by atoms with Gasteiger partial charge in [-0.05, 0) is 90.1 Å². The summed E-state index contributed by atoms with van der Waals surface area (Å²) in [5, 5.41) is 8.78. The normalized spacial score (nSPS) is 20.5. The van der Waals surface area contributed by atoms with Crippen LogP contribution in [0.3, 0.4) is 0 Å². The molecule has 3 aromatic rings. The number of hydrogen-bond acceptors (Lipinski definition) is 6. The van der Waals surface area contributed by atoms with E-state index in [1.165, 1.54) is 0 Å². The van der Waals surface area contributed by atoms with E-state index in [1.807, 2.05) is 60.1 Å². The predicted molar refractivity (Wildman–Crippen MR) is 157 cm³/mol. The van der Waals surface area contributed by atoms with Gasteiger partial charge in [0, 0.05) is 37.6 Å².